The van der Waals surface area contributed by atoms with E-state index in [4.69, 9.17) is 4.99 Å². The van der Waals surface area contributed by atoms with Crippen LogP contribution in [-0.4, -0.2) is 54.1 Å². The number of hydrogen-bond donors (Lipinski definition) is 0. The molecule has 24 heavy (non-hydrogen) atoms. The van der Waals surface area contributed by atoms with E-state index in [0.717, 1.165) is 32.5 Å². The number of amides is 1. The first-order valence-corrected chi connectivity index (χ1v) is 9.63. The number of nitrogens with zero attached hydrogens (tertiary/aromatic N) is 3. The Labute approximate surface area is 149 Å². The van der Waals surface area contributed by atoms with E-state index < -0.39 is 0 Å². The molecule has 0 radical (unpaired) electrons. The van der Waals surface area contributed by atoms with Gasteiger partial charge < -0.3 is 4.90 Å². The molecule has 2 aliphatic heterocycles. The molecule has 0 bridgehead atoms. The van der Waals surface area contributed by atoms with E-state index in [2.05, 4.69) is 39.6 Å². The summed E-state index contributed by atoms with van der Waals surface area (Å²) < 4.78 is 0. The van der Waals surface area contributed by atoms with Crippen LogP contribution >= 0.6 is 0 Å². The minimum absolute atomic E-state index is 0.0870. The van der Waals surface area contributed by atoms with Gasteiger partial charge in [0.1, 0.15) is 0 Å². The summed E-state index contributed by atoms with van der Waals surface area (Å²) >= 11 is 0. The zero-order chi connectivity index (χ0) is 18.3. The molecule has 0 aromatic carbocycles. The summed E-state index contributed by atoms with van der Waals surface area (Å²) in [5.74, 6) is 0.793. The highest BCUT2D eigenvalue weighted by Crippen LogP contribution is 2.23. The van der Waals surface area contributed by atoms with Gasteiger partial charge in [0.25, 0.3) is 0 Å². The number of hydrogen-bond acceptors (Lipinski definition) is 3. The van der Waals surface area contributed by atoms with Crippen molar-refractivity contribution in [3.05, 3.63) is 11.3 Å². The van der Waals surface area contributed by atoms with Crippen LogP contribution in [0.15, 0.2) is 16.3 Å². The molecule has 1 atom stereocenters. The molecule has 4 heteroatoms. The van der Waals surface area contributed by atoms with Gasteiger partial charge in [0, 0.05) is 30.9 Å². The summed E-state index contributed by atoms with van der Waals surface area (Å²) in [4.78, 5) is 21.8. The Kier molecular flexibility index (Phi) is 8.68. The van der Waals surface area contributed by atoms with Gasteiger partial charge in [-0.05, 0) is 51.8 Å². The number of carbonyl (C=O) groups is 1. The van der Waals surface area contributed by atoms with E-state index in [9.17, 15) is 4.79 Å². The molecule has 0 unspecified atom stereocenters. The van der Waals surface area contributed by atoms with Gasteiger partial charge in [-0.1, -0.05) is 34.1 Å². The lowest BCUT2D eigenvalue weighted by Gasteiger charge is -2.37. The Bertz CT molecular complexity index is 479. The Morgan fingerprint density at radius 3 is 2.42 bits per heavy atom. The maximum atomic E-state index is 12.8. The van der Waals surface area contributed by atoms with Crippen LogP contribution in [0.5, 0.6) is 0 Å². The van der Waals surface area contributed by atoms with E-state index >= 15 is 0 Å². The molecule has 138 valence electrons. The second-order valence-electron chi connectivity index (χ2n) is 7.14. The van der Waals surface area contributed by atoms with E-state index in [1.54, 1.807) is 0 Å². The van der Waals surface area contributed by atoms with Crippen molar-refractivity contribution in [1.29, 1.82) is 0 Å². The third-order valence-corrected chi connectivity index (χ3v) is 5.05. The zero-order valence-corrected chi connectivity index (χ0v) is 16.9. The van der Waals surface area contributed by atoms with Gasteiger partial charge in [0.2, 0.25) is 5.91 Å². The zero-order valence-electron chi connectivity index (χ0n) is 16.9. The number of piperidine rings is 1. The van der Waals surface area contributed by atoms with Gasteiger partial charge >= 0.3 is 0 Å². The highest BCUT2D eigenvalue weighted by atomic mass is 16.2. The van der Waals surface area contributed by atoms with Crippen LogP contribution in [0.3, 0.4) is 0 Å². The van der Waals surface area contributed by atoms with Crippen molar-refractivity contribution < 1.29 is 4.79 Å². The van der Waals surface area contributed by atoms with Crippen LogP contribution in [0, 0.1) is 5.92 Å². The monoisotopic (exact) mass is 335 g/mol. The third-order valence-electron chi connectivity index (χ3n) is 5.05. The minimum atomic E-state index is 0.0870. The quantitative estimate of drug-likeness (QED) is 0.727. The lowest BCUT2D eigenvalue weighted by atomic mass is 9.99. The summed E-state index contributed by atoms with van der Waals surface area (Å²) in [6, 6.07) is 0.0870. The molecule has 2 heterocycles. The molecule has 0 aromatic heterocycles. The number of likely N-dealkylation sites (N-methyl/N-ethyl adjacent to an activating group) is 1. The highest BCUT2D eigenvalue weighted by Gasteiger charge is 2.31. The molecular formula is C20H37N3O. The van der Waals surface area contributed by atoms with Gasteiger partial charge in [-0.15, -0.1) is 0 Å². The van der Waals surface area contributed by atoms with E-state index in [1.807, 2.05) is 18.7 Å². The molecule has 4 nitrogen and oxygen atoms in total. The van der Waals surface area contributed by atoms with Crippen molar-refractivity contribution in [1.82, 2.24) is 9.80 Å². The molecule has 1 fully saturated rings. The average Bonchev–Trinajstić information content (AvgIpc) is 2.58. The molecule has 0 aliphatic carbocycles. The molecule has 1 amide bonds. The van der Waals surface area contributed by atoms with E-state index in [-0.39, 0.29) is 6.04 Å². The van der Waals surface area contributed by atoms with Gasteiger partial charge in [-0.25, -0.2) is 0 Å². The van der Waals surface area contributed by atoms with Crippen molar-refractivity contribution in [2.45, 2.75) is 73.3 Å². The Morgan fingerprint density at radius 1 is 1.21 bits per heavy atom. The molecule has 0 saturated carbocycles. The number of carbonyl (C=O) groups excluding carboxylic acids is 1. The van der Waals surface area contributed by atoms with Crippen LogP contribution in [0.25, 0.3) is 0 Å². The van der Waals surface area contributed by atoms with Crippen LogP contribution in [0.1, 0.15) is 67.2 Å². The summed E-state index contributed by atoms with van der Waals surface area (Å²) in [7, 11) is 2.08. The number of likely N-dealkylation sites (tertiary alicyclic amines) is 1. The first kappa shape index (κ1) is 20.9. The smallest absolute Gasteiger partial charge is 0.240 e. The summed E-state index contributed by atoms with van der Waals surface area (Å²) in [5.41, 5.74) is 3.62. The van der Waals surface area contributed by atoms with Crippen LogP contribution in [-0.2, 0) is 4.79 Å². The fraction of sp³-hybridized carbons (Fsp3) is 0.800. The first-order valence-electron chi connectivity index (χ1n) is 9.63. The van der Waals surface area contributed by atoms with Crippen molar-refractivity contribution in [3.63, 3.8) is 0 Å². The Balaban J connectivity index is 0.00000139. The Hall–Kier alpha value is -1.16. The van der Waals surface area contributed by atoms with Crippen molar-refractivity contribution >= 4 is 11.6 Å². The first-order chi connectivity index (χ1) is 11.4. The molecule has 2 aliphatic rings. The lowest BCUT2D eigenvalue weighted by Crippen LogP contribution is -2.50. The van der Waals surface area contributed by atoms with Gasteiger partial charge in [0.05, 0.1) is 6.04 Å². The van der Waals surface area contributed by atoms with Crippen LogP contribution < -0.4 is 0 Å². The maximum Gasteiger partial charge on any atom is 0.240 e. The van der Waals surface area contributed by atoms with Crippen LogP contribution in [0.2, 0.25) is 0 Å². The molecule has 0 N–H and O–H groups in total. The number of aliphatic imine (C=N–C) groups is 1. The summed E-state index contributed by atoms with van der Waals surface area (Å²) in [5, 5.41) is 0. The molecular weight excluding hydrogens is 298 g/mol. The van der Waals surface area contributed by atoms with Gasteiger partial charge in [0.15, 0.2) is 0 Å². The fourth-order valence-electron chi connectivity index (χ4n) is 3.19. The normalized spacial score (nSPS) is 23.2. The average molecular weight is 336 g/mol. The molecule has 1 saturated heterocycles. The molecule has 0 spiro atoms. The SMILES string of the molecule is CC.CC(=NC1=C(C)CN(C(=O)[C@H]2CCCCN2C)CC1)C(C)C. The Morgan fingerprint density at radius 2 is 1.88 bits per heavy atom. The maximum absolute atomic E-state index is 12.8. The minimum Gasteiger partial charge on any atom is -0.337 e. The van der Waals surface area contributed by atoms with Gasteiger partial charge in [-0.3, -0.25) is 14.7 Å². The summed E-state index contributed by atoms with van der Waals surface area (Å²) in [6.07, 6.45) is 4.28. The van der Waals surface area contributed by atoms with Crippen molar-refractivity contribution in [2.75, 3.05) is 26.7 Å². The third kappa shape index (κ3) is 5.44. The standard InChI is InChI=1S/C18H31N3O.C2H6/c1-13(2)15(4)19-16-9-11-21(12-14(16)3)18(22)17-8-6-7-10-20(17)5;1-2/h13,17H,6-12H2,1-5H3;1-2H3/t17-;/m1./s1. The molecule has 0 aromatic rings. The highest BCUT2D eigenvalue weighted by molar-refractivity contribution is 5.85. The van der Waals surface area contributed by atoms with Gasteiger partial charge in [-0.2, -0.15) is 0 Å². The number of rotatable bonds is 3. The molecule has 2 rings (SSSR count). The second kappa shape index (κ2) is 9.97. The largest absolute Gasteiger partial charge is 0.337 e. The predicted octanol–water partition coefficient (Wildman–Crippen LogP) is 4.12. The van der Waals surface area contributed by atoms with Crippen molar-refractivity contribution in [3.8, 4) is 0 Å². The lowest BCUT2D eigenvalue weighted by molar-refractivity contribution is -0.137. The van der Waals surface area contributed by atoms with E-state index in [0.29, 0.717) is 11.8 Å². The van der Waals surface area contributed by atoms with E-state index in [1.165, 1.54) is 29.8 Å². The summed E-state index contributed by atoms with van der Waals surface area (Å²) in [6.45, 7) is 15.2. The fourth-order valence-corrected chi connectivity index (χ4v) is 3.19. The topological polar surface area (TPSA) is 35.9 Å². The predicted molar refractivity (Wildman–Crippen MR) is 103 cm³/mol. The van der Waals surface area contributed by atoms with Crippen LogP contribution in [0.4, 0.5) is 0 Å². The second-order valence-corrected chi connectivity index (χ2v) is 7.14. The van der Waals surface area contributed by atoms with Crippen molar-refractivity contribution in [2.24, 2.45) is 10.9 Å².